The number of benzene rings is 1. The van der Waals surface area contributed by atoms with Crippen molar-refractivity contribution in [3.05, 3.63) is 33.8 Å². The van der Waals surface area contributed by atoms with Crippen LogP contribution in [-0.4, -0.2) is 30.6 Å². The van der Waals surface area contributed by atoms with Crippen LogP contribution in [0.4, 0.5) is 0 Å². The van der Waals surface area contributed by atoms with E-state index in [0.29, 0.717) is 0 Å². The summed E-state index contributed by atoms with van der Waals surface area (Å²) in [6.07, 6.45) is 3.38. The van der Waals surface area contributed by atoms with Crippen molar-refractivity contribution in [3.63, 3.8) is 0 Å². The van der Waals surface area contributed by atoms with Gasteiger partial charge in [0, 0.05) is 16.6 Å². The summed E-state index contributed by atoms with van der Waals surface area (Å²) in [4.78, 5) is 2.41. The number of hydrogen-bond acceptors (Lipinski definition) is 2. The molecular weight excluding hydrogens is 276 g/mol. The largest absolute Gasteiger partial charge is 0.329 e. The summed E-state index contributed by atoms with van der Waals surface area (Å²) in [5.41, 5.74) is 9.16. The summed E-state index contributed by atoms with van der Waals surface area (Å²) in [5, 5.41) is 0. The van der Waals surface area contributed by atoms with Gasteiger partial charge in [-0.3, -0.25) is 4.90 Å². The second kappa shape index (κ2) is 5.09. The van der Waals surface area contributed by atoms with Crippen LogP contribution in [0, 0.1) is 0 Å². The number of nitrogens with two attached hydrogens (primary N) is 1. The van der Waals surface area contributed by atoms with Gasteiger partial charge in [0.1, 0.15) is 0 Å². The third-order valence-electron chi connectivity index (χ3n) is 4.21. The van der Waals surface area contributed by atoms with Crippen LogP contribution >= 0.6 is 15.9 Å². The van der Waals surface area contributed by atoms with E-state index in [0.717, 1.165) is 32.4 Å². The number of hydrogen-bond donors (Lipinski definition) is 1. The topological polar surface area (TPSA) is 29.3 Å². The van der Waals surface area contributed by atoms with Crippen LogP contribution in [0.2, 0.25) is 0 Å². The molecule has 0 heterocycles. The van der Waals surface area contributed by atoms with Crippen LogP contribution in [0.25, 0.3) is 0 Å². The van der Waals surface area contributed by atoms with E-state index in [4.69, 9.17) is 5.73 Å². The molecule has 17 heavy (non-hydrogen) atoms. The minimum absolute atomic E-state index is 0.162. The lowest BCUT2D eigenvalue weighted by molar-refractivity contribution is 0.115. The predicted octanol–water partition coefficient (Wildman–Crippen LogP) is 2.59. The second-order valence-electron chi connectivity index (χ2n) is 5.03. The number of rotatable bonds is 3. The van der Waals surface area contributed by atoms with Gasteiger partial charge in [0.25, 0.3) is 0 Å². The van der Waals surface area contributed by atoms with Crippen LogP contribution in [0.1, 0.15) is 24.5 Å². The fraction of sp³-hybridized carbons (Fsp3) is 0.571. The highest BCUT2D eigenvalue weighted by molar-refractivity contribution is 9.10. The van der Waals surface area contributed by atoms with Crippen molar-refractivity contribution in [1.29, 1.82) is 0 Å². The molecule has 0 saturated heterocycles. The third kappa shape index (κ3) is 2.42. The zero-order valence-corrected chi connectivity index (χ0v) is 12.3. The smallest absolute Gasteiger partial charge is 0.0372 e. The Bertz CT molecular complexity index is 405. The number of likely N-dealkylation sites (N-methyl/N-ethyl adjacent to an activating group) is 1. The first-order valence-electron chi connectivity index (χ1n) is 6.30. The Kier molecular flexibility index (Phi) is 3.91. The van der Waals surface area contributed by atoms with Gasteiger partial charge in [-0.25, -0.2) is 0 Å². The third-order valence-corrected chi connectivity index (χ3v) is 4.70. The molecule has 2 rings (SSSR count). The summed E-state index contributed by atoms with van der Waals surface area (Å²) in [6, 6.07) is 6.63. The van der Waals surface area contributed by atoms with Crippen LogP contribution in [0.15, 0.2) is 22.7 Å². The molecule has 0 aliphatic heterocycles. The molecular formula is C14H21BrN2. The van der Waals surface area contributed by atoms with E-state index in [2.05, 4.69) is 53.0 Å². The maximum atomic E-state index is 6.05. The van der Waals surface area contributed by atoms with E-state index < -0.39 is 0 Å². The highest BCUT2D eigenvalue weighted by Gasteiger charge is 2.36. The van der Waals surface area contributed by atoms with Crippen LogP contribution in [0.3, 0.4) is 0 Å². The fourth-order valence-corrected chi connectivity index (χ4v) is 3.21. The molecule has 1 aliphatic rings. The molecule has 0 aromatic heterocycles. The summed E-state index contributed by atoms with van der Waals surface area (Å²) in [7, 11) is 2.19. The zero-order valence-electron chi connectivity index (χ0n) is 10.7. The average molecular weight is 297 g/mol. The molecule has 94 valence electrons. The van der Waals surface area contributed by atoms with E-state index in [1.54, 1.807) is 0 Å². The summed E-state index contributed by atoms with van der Waals surface area (Å²) in [6.45, 7) is 4.00. The normalized spacial score (nSPS) is 23.8. The van der Waals surface area contributed by atoms with E-state index in [1.165, 1.54) is 15.6 Å². The highest BCUT2D eigenvalue weighted by atomic mass is 79.9. The Morgan fingerprint density at radius 2 is 2.18 bits per heavy atom. The first-order valence-corrected chi connectivity index (χ1v) is 7.09. The number of nitrogens with zero attached hydrogens (tertiary/aromatic N) is 1. The van der Waals surface area contributed by atoms with E-state index in [-0.39, 0.29) is 5.54 Å². The molecule has 3 heteroatoms. The quantitative estimate of drug-likeness (QED) is 0.929. The van der Waals surface area contributed by atoms with Gasteiger partial charge in [0.2, 0.25) is 0 Å². The van der Waals surface area contributed by atoms with Crippen molar-refractivity contribution >= 4 is 15.9 Å². The maximum absolute atomic E-state index is 6.05. The molecule has 0 amide bonds. The van der Waals surface area contributed by atoms with Gasteiger partial charge < -0.3 is 5.73 Å². The SMILES string of the molecule is CCN(C)C1(CN)CCc2cc(Br)ccc2C1. The fourth-order valence-electron chi connectivity index (χ4n) is 2.80. The van der Waals surface area contributed by atoms with Gasteiger partial charge in [-0.2, -0.15) is 0 Å². The number of fused-ring (bicyclic) bond motifs is 1. The first-order chi connectivity index (χ1) is 8.11. The maximum Gasteiger partial charge on any atom is 0.0372 e. The highest BCUT2D eigenvalue weighted by Crippen LogP contribution is 2.33. The molecule has 1 aromatic rings. The van der Waals surface area contributed by atoms with Crippen molar-refractivity contribution in [2.75, 3.05) is 20.1 Å². The summed E-state index contributed by atoms with van der Waals surface area (Å²) in [5.74, 6) is 0. The predicted molar refractivity (Wildman–Crippen MR) is 76.3 cm³/mol. The monoisotopic (exact) mass is 296 g/mol. The van der Waals surface area contributed by atoms with Gasteiger partial charge in [-0.05, 0) is 56.1 Å². The molecule has 1 aromatic carbocycles. The molecule has 1 aliphatic carbocycles. The molecule has 0 bridgehead atoms. The molecule has 1 unspecified atom stereocenters. The molecule has 0 spiro atoms. The van der Waals surface area contributed by atoms with Crippen molar-refractivity contribution in [3.8, 4) is 0 Å². The molecule has 1 atom stereocenters. The van der Waals surface area contributed by atoms with E-state index >= 15 is 0 Å². The summed E-state index contributed by atoms with van der Waals surface area (Å²) >= 11 is 3.54. The molecule has 0 fully saturated rings. The Morgan fingerprint density at radius 3 is 2.82 bits per heavy atom. The van der Waals surface area contributed by atoms with Crippen LogP contribution < -0.4 is 5.73 Å². The van der Waals surface area contributed by atoms with Crippen molar-refractivity contribution in [2.45, 2.75) is 31.7 Å². The Morgan fingerprint density at radius 1 is 1.41 bits per heavy atom. The van der Waals surface area contributed by atoms with Gasteiger partial charge in [0.15, 0.2) is 0 Å². The first kappa shape index (κ1) is 13.1. The lowest BCUT2D eigenvalue weighted by atomic mass is 9.77. The van der Waals surface area contributed by atoms with Gasteiger partial charge in [-0.15, -0.1) is 0 Å². The zero-order chi connectivity index (χ0) is 12.5. The van der Waals surface area contributed by atoms with E-state index in [9.17, 15) is 0 Å². The van der Waals surface area contributed by atoms with Crippen LogP contribution in [0.5, 0.6) is 0 Å². The van der Waals surface area contributed by atoms with Crippen LogP contribution in [-0.2, 0) is 12.8 Å². The standard InChI is InChI=1S/C14H21BrN2/c1-3-17(2)14(10-16)7-6-11-8-13(15)5-4-12(11)9-14/h4-5,8H,3,6-7,9-10,16H2,1-2H3. The van der Waals surface area contributed by atoms with Gasteiger partial charge >= 0.3 is 0 Å². The molecule has 0 radical (unpaired) electrons. The Hall–Kier alpha value is -0.380. The lowest BCUT2D eigenvalue weighted by Crippen LogP contribution is -2.55. The van der Waals surface area contributed by atoms with Crippen molar-refractivity contribution < 1.29 is 0 Å². The summed E-state index contributed by atoms with van der Waals surface area (Å²) < 4.78 is 1.18. The van der Waals surface area contributed by atoms with Gasteiger partial charge in [0.05, 0.1) is 0 Å². The minimum Gasteiger partial charge on any atom is -0.329 e. The Labute approximate surface area is 112 Å². The lowest BCUT2D eigenvalue weighted by Gasteiger charge is -2.44. The Balaban J connectivity index is 2.30. The van der Waals surface area contributed by atoms with Crippen molar-refractivity contribution in [1.82, 2.24) is 4.90 Å². The second-order valence-corrected chi connectivity index (χ2v) is 5.95. The molecule has 2 N–H and O–H groups in total. The van der Waals surface area contributed by atoms with Gasteiger partial charge in [-0.1, -0.05) is 28.9 Å². The average Bonchev–Trinajstić information content (AvgIpc) is 2.37. The minimum atomic E-state index is 0.162. The van der Waals surface area contributed by atoms with E-state index in [1.807, 2.05) is 0 Å². The number of aryl methyl sites for hydroxylation is 1. The molecule has 0 saturated carbocycles. The molecule has 2 nitrogen and oxygen atoms in total. The van der Waals surface area contributed by atoms with Crippen molar-refractivity contribution in [2.24, 2.45) is 5.73 Å². The number of halogens is 1.